The molecule has 0 saturated carbocycles. The highest BCUT2D eigenvalue weighted by Gasteiger charge is 2.40. The predicted octanol–water partition coefficient (Wildman–Crippen LogP) is 4.66. The fourth-order valence-electron chi connectivity index (χ4n) is 5.06. The van der Waals surface area contributed by atoms with Gasteiger partial charge in [-0.05, 0) is 25.3 Å². The molecule has 0 bridgehead atoms. The Bertz CT molecular complexity index is 1400. The van der Waals surface area contributed by atoms with Crippen molar-refractivity contribution in [2.45, 2.75) is 37.9 Å². The number of alkyl halides is 3. The molecule has 11 heteroatoms. The molecule has 4 heterocycles. The molecule has 1 N–H and O–H groups in total. The second-order valence-corrected chi connectivity index (χ2v) is 8.69. The van der Waals surface area contributed by atoms with Crippen molar-refractivity contribution >= 4 is 11.0 Å². The zero-order chi connectivity index (χ0) is 24.6. The number of rotatable bonds is 5. The molecule has 1 aliphatic carbocycles. The number of hydrogen-bond donors (Lipinski definition) is 1. The second-order valence-electron chi connectivity index (χ2n) is 8.69. The van der Waals surface area contributed by atoms with E-state index in [2.05, 4.69) is 26.1 Å². The average molecular weight is 478 g/mol. The van der Waals surface area contributed by atoms with Gasteiger partial charge in [-0.3, -0.25) is 4.68 Å². The van der Waals surface area contributed by atoms with E-state index in [4.69, 9.17) is 0 Å². The Morgan fingerprint density at radius 2 is 2.11 bits per heavy atom. The number of fused-ring (bicyclic) bond motifs is 1. The first-order valence-electron chi connectivity index (χ1n) is 11.3. The molecule has 0 aromatic carbocycles. The molecular formula is C24H21F3N8. The number of halogens is 3. The van der Waals surface area contributed by atoms with Gasteiger partial charge in [0, 0.05) is 42.4 Å². The number of H-pyrrole nitrogens is 1. The molecule has 8 nitrogen and oxygen atoms in total. The van der Waals surface area contributed by atoms with Crippen molar-refractivity contribution in [2.75, 3.05) is 13.1 Å². The molecule has 5 rings (SSSR count). The molecule has 1 aliphatic heterocycles. The Hall–Kier alpha value is -4.12. The zero-order valence-electron chi connectivity index (χ0n) is 18.6. The Morgan fingerprint density at radius 1 is 1.26 bits per heavy atom. The van der Waals surface area contributed by atoms with Crippen LogP contribution in [0.2, 0.25) is 0 Å². The zero-order valence-corrected chi connectivity index (χ0v) is 18.6. The summed E-state index contributed by atoms with van der Waals surface area (Å²) in [6, 6.07) is 5.64. The topological polar surface area (TPSA) is 110 Å². The largest absolute Gasteiger partial charge is 0.414 e. The maximum atomic E-state index is 13.5. The van der Waals surface area contributed by atoms with Gasteiger partial charge in [-0.2, -0.15) is 28.8 Å². The van der Waals surface area contributed by atoms with Gasteiger partial charge >= 0.3 is 6.18 Å². The van der Waals surface area contributed by atoms with Crippen LogP contribution in [0.3, 0.4) is 0 Å². The van der Waals surface area contributed by atoms with E-state index in [0.29, 0.717) is 30.9 Å². The van der Waals surface area contributed by atoms with Gasteiger partial charge in [-0.25, -0.2) is 9.97 Å². The quantitative estimate of drug-likeness (QED) is 0.571. The number of likely N-dealkylation sites (tertiary alicyclic amines) is 1. The smallest absolute Gasteiger partial charge is 0.370 e. The molecule has 1 saturated heterocycles. The summed E-state index contributed by atoms with van der Waals surface area (Å²) in [7, 11) is 0. The van der Waals surface area contributed by atoms with E-state index >= 15 is 0 Å². The SMILES string of the molecule is N#CC[C@@H]([C@H]1CCN(C2=CCCC(C(F)(F)F)=C2C#N)C1)n1cc(-c2ncnc3[nH]ccc23)cn1. The Kier molecular flexibility index (Phi) is 5.77. The number of aromatic amines is 1. The number of nitrogens with one attached hydrogen (secondary N) is 1. The van der Waals surface area contributed by atoms with E-state index in [1.54, 1.807) is 29.2 Å². The third kappa shape index (κ3) is 4.14. The van der Waals surface area contributed by atoms with Crippen LogP contribution < -0.4 is 0 Å². The lowest BCUT2D eigenvalue weighted by molar-refractivity contribution is -0.0947. The van der Waals surface area contributed by atoms with Gasteiger partial charge in [-0.1, -0.05) is 6.08 Å². The van der Waals surface area contributed by atoms with Crippen LogP contribution in [0.4, 0.5) is 13.2 Å². The Balaban J connectivity index is 1.40. The first kappa shape index (κ1) is 22.7. The molecule has 0 radical (unpaired) electrons. The van der Waals surface area contributed by atoms with Crippen LogP contribution in [-0.4, -0.2) is 48.9 Å². The van der Waals surface area contributed by atoms with Crippen molar-refractivity contribution in [3.05, 3.63) is 53.9 Å². The van der Waals surface area contributed by atoms with Crippen molar-refractivity contribution in [3.63, 3.8) is 0 Å². The lowest BCUT2D eigenvalue weighted by Gasteiger charge is -2.28. The standard InChI is InChI=1S/C24H21F3N8/c25-24(26,27)19-2-1-3-21(18(19)10-29)34-9-6-15(12-34)20(4-7-28)35-13-16(11-33-35)22-17-5-8-30-23(17)32-14-31-22/h3,5,8,11,13-15,20H,1-2,4,6,9,12H2,(H,30,31,32)/t15-,20-/m0/s1. The summed E-state index contributed by atoms with van der Waals surface area (Å²) >= 11 is 0. The van der Waals surface area contributed by atoms with Crippen molar-refractivity contribution in [1.82, 2.24) is 29.6 Å². The fraction of sp³-hybridized carbons (Fsp3) is 0.375. The first-order chi connectivity index (χ1) is 16.9. The van der Waals surface area contributed by atoms with Gasteiger partial charge in [0.2, 0.25) is 0 Å². The lowest BCUT2D eigenvalue weighted by atomic mass is 9.94. The molecule has 178 valence electrons. The summed E-state index contributed by atoms with van der Waals surface area (Å²) in [4.78, 5) is 13.5. The van der Waals surface area contributed by atoms with Crippen molar-refractivity contribution < 1.29 is 13.2 Å². The highest BCUT2D eigenvalue weighted by molar-refractivity contribution is 5.89. The average Bonchev–Trinajstić information content (AvgIpc) is 3.62. The van der Waals surface area contributed by atoms with E-state index in [0.717, 1.165) is 16.6 Å². The first-order valence-corrected chi connectivity index (χ1v) is 11.3. The van der Waals surface area contributed by atoms with Gasteiger partial charge in [0.1, 0.15) is 18.0 Å². The predicted molar refractivity (Wildman–Crippen MR) is 120 cm³/mol. The molecule has 3 aromatic heterocycles. The minimum Gasteiger partial charge on any atom is -0.370 e. The second kappa shape index (κ2) is 8.91. The summed E-state index contributed by atoms with van der Waals surface area (Å²) < 4.78 is 42.2. The van der Waals surface area contributed by atoms with Gasteiger partial charge < -0.3 is 9.88 Å². The molecule has 35 heavy (non-hydrogen) atoms. The third-order valence-electron chi connectivity index (χ3n) is 6.72. The van der Waals surface area contributed by atoms with Crippen molar-refractivity contribution in [1.29, 1.82) is 10.5 Å². The number of hydrogen-bond acceptors (Lipinski definition) is 6. The number of allylic oxidation sites excluding steroid dienone is 3. The van der Waals surface area contributed by atoms with Crippen LogP contribution in [0.15, 0.2) is 53.9 Å². The van der Waals surface area contributed by atoms with E-state index in [1.165, 1.54) is 6.33 Å². The lowest BCUT2D eigenvalue weighted by Crippen LogP contribution is -2.28. The Morgan fingerprint density at radius 3 is 2.89 bits per heavy atom. The van der Waals surface area contributed by atoms with Crippen LogP contribution in [0.1, 0.15) is 31.7 Å². The van der Waals surface area contributed by atoms with Crippen molar-refractivity contribution in [2.24, 2.45) is 5.92 Å². The van der Waals surface area contributed by atoms with Gasteiger partial charge in [0.15, 0.2) is 0 Å². The summed E-state index contributed by atoms with van der Waals surface area (Å²) in [5.74, 6) is -0.0165. The summed E-state index contributed by atoms with van der Waals surface area (Å²) in [6.45, 7) is 0.956. The maximum absolute atomic E-state index is 13.5. The van der Waals surface area contributed by atoms with E-state index in [-0.39, 0.29) is 36.8 Å². The van der Waals surface area contributed by atoms with Gasteiger partial charge in [0.25, 0.3) is 0 Å². The van der Waals surface area contributed by atoms with E-state index < -0.39 is 11.7 Å². The number of nitrogens with zero attached hydrogens (tertiary/aromatic N) is 7. The highest BCUT2D eigenvalue weighted by Crippen LogP contribution is 2.41. The molecule has 0 amide bonds. The number of aromatic nitrogens is 5. The monoisotopic (exact) mass is 478 g/mol. The summed E-state index contributed by atoms with van der Waals surface area (Å²) in [5, 5.41) is 24.4. The van der Waals surface area contributed by atoms with Crippen molar-refractivity contribution in [3.8, 4) is 23.4 Å². The third-order valence-corrected chi connectivity index (χ3v) is 6.72. The number of nitriles is 2. The van der Waals surface area contributed by atoms with Gasteiger partial charge in [-0.15, -0.1) is 0 Å². The van der Waals surface area contributed by atoms with Gasteiger partial charge in [0.05, 0.1) is 47.3 Å². The van der Waals surface area contributed by atoms with Crippen LogP contribution >= 0.6 is 0 Å². The van der Waals surface area contributed by atoms with Crippen LogP contribution in [-0.2, 0) is 0 Å². The molecule has 2 atom stereocenters. The van der Waals surface area contributed by atoms with E-state index in [9.17, 15) is 23.7 Å². The molecule has 0 unspecified atom stereocenters. The van der Waals surface area contributed by atoms with Crippen LogP contribution in [0, 0.1) is 28.6 Å². The molecular weight excluding hydrogens is 457 g/mol. The van der Waals surface area contributed by atoms with Crippen LogP contribution in [0.25, 0.3) is 22.3 Å². The minimum absolute atomic E-state index is 0.0165. The Labute approximate surface area is 199 Å². The minimum atomic E-state index is -4.52. The summed E-state index contributed by atoms with van der Waals surface area (Å²) in [5.41, 5.74) is 1.52. The fourth-order valence-corrected chi connectivity index (χ4v) is 5.06. The normalized spacial score (nSPS) is 19.5. The maximum Gasteiger partial charge on any atom is 0.414 e. The molecule has 3 aromatic rings. The molecule has 0 spiro atoms. The summed E-state index contributed by atoms with van der Waals surface area (Å²) in [6.07, 6.45) is 4.94. The highest BCUT2D eigenvalue weighted by atomic mass is 19.4. The molecule has 2 aliphatic rings. The van der Waals surface area contributed by atoms with Crippen LogP contribution in [0.5, 0.6) is 0 Å². The van der Waals surface area contributed by atoms with E-state index in [1.807, 2.05) is 17.2 Å². The molecule has 1 fully saturated rings.